The number of aryl methyl sites for hydroxylation is 1. The van der Waals surface area contributed by atoms with Gasteiger partial charge in [-0.1, -0.05) is 32.9 Å². The molecule has 0 fully saturated rings. The van der Waals surface area contributed by atoms with E-state index in [1.54, 1.807) is 12.1 Å². The first-order valence-electron chi connectivity index (χ1n) is 7.26. The number of benzene rings is 1. The van der Waals surface area contributed by atoms with Gasteiger partial charge in [0.2, 0.25) is 0 Å². The Balaban J connectivity index is 2.16. The molecule has 0 aliphatic heterocycles. The maximum atomic E-state index is 13.0. The lowest BCUT2D eigenvalue weighted by atomic mass is 9.78. The van der Waals surface area contributed by atoms with Crippen LogP contribution < -0.4 is 0 Å². The molecule has 1 unspecified atom stereocenters. The third-order valence-corrected chi connectivity index (χ3v) is 3.93. The summed E-state index contributed by atoms with van der Waals surface area (Å²) in [6, 6.07) is 6.28. The molecule has 21 heavy (non-hydrogen) atoms. The van der Waals surface area contributed by atoms with Crippen molar-refractivity contribution in [3.8, 4) is 0 Å². The molecule has 2 rings (SSSR count). The van der Waals surface area contributed by atoms with Crippen molar-refractivity contribution in [1.29, 1.82) is 0 Å². The smallest absolute Gasteiger partial charge is 0.138 e. The van der Waals surface area contributed by atoms with Crippen molar-refractivity contribution >= 4 is 0 Å². The first-order chi connectivity index (χ1) is 9.95. The molecule has 0 saturated heterocycles. The molecule has 5 heteroatoms. The van der Waals surface area contributed by atoms with E-state index in [0.29, 0.717) is 6.42 Å². The Morgan fingerprint density at radius 2 is 1.95 bits per heavy atom. The second-order valence-corrected chi connectivity index (χ2v) is 5.85. The lowest BCUT2D eigenvalue weighted by Gasteiger charge is -2.31. The Kier molecular flexibility index (Phi) is 4.73. The predicted octanol–water partition coefficient (Wildman–Crippen LogP) is 2.71. The molecule has 0 spiro atoms. The van der Waals surface area contributed by atoms with Crippen LogP contribution in [0.1, 0.15) is 38.6 Å². The maximum Gasteiger partial charge on any atom is 0.138 e. The number of nitrogens with zero attached hydrogens (tertiary/aromatic N) is 3. The monoisotopic (exact) mass is 291 g/mol. The number of aromatic nitrogens is 3. The zero-order valence-electron chi connectivity index (χ0n) is 12.8. The van der Waals surface area contributed by atoms with Gasteiger partial charge in [0.15, 0.2) is 0 Å². The molecular formula is C16H22FN3O. The molecule has 0 aliphatic carbocycles. The van der Waals surface area contributed by atoms with E-state index in [1.165, 1.54) is 18.5 Å². The van der Waals surface area contributed by atoms with Crippen molar-refractivity contribution in [2.24, 2.45) is 0 Å². The fourth-order valence-electron chi connectivity index (χ4n) is 2.34. The summed E-state index contributed by atoms with van der Waals surface area (Å²) in [5.41, 5.74) is 0.411. The third-order valence-electron chi connectivity index (χ3n) is 3.93. The van der Waals surface area contributed by atoms with Gasteiger partial charge in [0.1, 0.15) is 18.0 Å². The summed E-state index contributed by atoms with van der Waals surface area (Å²) in [4.78, 5) is 4.23. The Morgan fingerprint density at radius 3 is 2.57 bits per heavy atom. The van der Waals surface area contributed by atoms with Crippen LogP contribution in [0.3, 0.4) is 0 Å². The lowest BCUT2D eigenvalue weighted by molar-refractivity contribution is 0.0967. The first-order valence-corrected chi connectivity index (χ1v) is 7.26. The number of hydrogen-bond acceptors (Lipinski definition) is 3. The highest BCUT2D eigenvalue weighted by Gasteiger charge is 2.31. The summed E-state index contributed by atoms with van der Waals surface area (Å²) in [5, 5.41) is 14.8. The standard InChI is InChI=1S/C16H22FN3O/c1-4-9-20-15(18-11-19-20)10-14(21)16(2,3)12-5-7-13(17)8-6-12/h5-8,11,14,21H,4,9-10H2,1-3H3. The van der Waals surface area contributed by atoms with Crippen LogP contribution in [0.5, 0.6) is 0 Å². The van der Waals surface area contributed by atoms with Crippen molar-refractivity contribution in [1.82, 2.24) is 14.8 Å². The van der Waals surface area contributed by atoms with Gasteiger partial charge in [-0.05, 0) is 24.1 Å². The lowest BCUT2D eigenvalue weighted by Crippen LogP contribution is -2.36. The average molecular weight is 291 g/mol. The van der Waals surface area contributed by atoms with E-state index in [-0.39, 0.29) is 5.82 Å². The third kappa shape index (κ3) is 3.47. The van der Waals surface area contributed by atoms with Crippen molar-refractivity contribution < 1.29 is 9.50 Å². The topological polar surface area (TPSA) is 50.9 Å². The van der Waals surface area contributed by atoms with E-state index in [1.807, 2.05) is 18.5 Å². The van der Waals surface area contributed by atoms with Crippen LogP contribution in [0.25, 0.3) is 0 Å². The van der Waals surface area contributed by atoms with Crippen LogP contribution >= 0.6 is 0 Å². The van der Waals surface area contributed by atoms with Gasteiger partial charge in [-0.3, -0.25) is 4.68 Å². The van der Waals surface area contributed by atoms with Gasteiger partial charge in [0, 0.05) is 18.4 Å². The molecule has 1 heterocycles. The highest BCUT2D eigenvalue weighted by molar-refractivity contribution is 5.26. The number of aliphatic hydroxyl groups excluding tert-OH is 1. The number of hydrogen-bond donors (Lipinski definition) is 1. The summed E-state index contributed by atoms with van der Waals surface area (Å²) in [6.45, 7) is 6.76. The molecule has 4 nitrogen and oxygen atoms in total. The molecule has 1 atom stereocenters. The second kappa shape index (κ2) is 6.35. The van der Waals surface area contributed by atoms with Crippen LogP contribution in [-0.2, 0) is 18.4 Å². The van der Waals surface area contributed by atoms with E-state index in [0.717, 1.165) is 24.4 Å². The molecule has 0 radical (unpaired) electrons. The van der Waals surface area contributed by atoms with Crippen molar-refractivity contribution in [2.45, 2.75) is 51.7 Å². The predicted molar refractivity (Wildman–Crippen MR) is 79.4 cm³/mol. The van der Waals surface area contributed by atoms with Crippen LogP contribution in [0.15, 0.2) is 30.6 Å². The molecule has 2 aromatic rings. The highest BCUT2D eigenvalue weighted by atomic mass is 19.1. The fraction of sp³-hybridized carbons (Fsp3) is 0.500. The minimum atomic E-state index is -0.622. The summed E-state index contributed by atoms with van der Waals surface area (Å²) in [7, 11) is 0. The van der Waals surface area contributed by atoms with Crippen LogP contribution in [0.2, 0.25) is 0 Å². The van der Waals surface area contributed by atoms with Gasteiger partial charge >= 0.3 is 0 Å². The van der Waals surface area contributed by atoms with Gasteiger partial charge in [-0.25, -0.2) is 9.37 Å². The molecule has 114 valence electrons. The molecule has 0 amide bonds. The van der Waals surface area contributed by atoms with E-state index in [4.69, 9.17) is 0 Å². The summed E-state index contributed by atoms with van der Waals surface area (Å²) in [6.07, 6.45) is 2.28. The Labute approximate surface area is 124 Å². The molecule has 0 aliphatic rings. The van der Waals surface area contributed by atoms with Crippen molar-refractivity contribution in [3.05, 3.63) is 47.8 Å². The summed E-state index contributed by atoms with van der Waals surface area (Å²) >= 11 is 0. The number of aliphatic hydroxyl groups is 1. The van der Waals surface area contributed by atoms with Gasteiger partial charge < -0.3 is 5.11 Å². The van der Waals surface area contributed by atoms with E-state index in [2.05, 4.69) is 17.0 Å². The molecular weight excluding hydrogens is 269 g/mol. The average Bonchev–Trinajstić information content (AvgIpc) is 2.87. The largest absolute Gasteiger partial charge is 0.392 e. The van der Waals surface area contributed by atoms with Gasteiger partial charge in [-0.2, -0.15) is 5.10 Å². The summed E-state index contributed by atoms with van der Waals surface area (Å²) in [5.74, 6) is 0.506. The number of halogens is 1. The zero-order chi connectivity index (χ0) is 15.5. The van der Waals surface area contributed by atoms with E-state index >= 15 is 0 Å². The minimum absolute atomic E-state index is 0.272. The maximum absolute atomic E-state index is 13.0. The first kappa shape index (κ1) is 15.6. The Bertz CT molecular complexity index is 577. The van der Waals surface area contributed by atoms with Gasteiger partial charge in [0.05, 0.1) is 6.10 Å². The van der Waals surface area contributed by atoms with Crippen molar-refractivity contribution in [3.63, 3.8) is 0 Å². The number of rotatable bonds is 6. The van der Waals surface area contributed by atoms with Crippen molar-refractivity contribution in [2.75, 3.05) is 0 Å². The van der Waals surface area contributed by atoms with E-state index < -0.39 is 11.5 Å². The zero-order valence-corrected chi connectivity index (χ0v) is 12.8. The molecule has 1 aromatic carbocycles. The van der Waals surface area contributed by atoms with Gasteiger partial charge in [-0.15, -0.1) is 0 Å². The minimum Gasteiger partial charge on any atom is -0.392 e. The van der Waals surface area contributed by atoms with E-state index in [9.17, 15) is 9.50 Å². The SMILES string of the molecule is CCCn1ncnc1CC(O)C(C)(C)c1ccc(F)cc1. The normalized spacial score (nSPS) is 13.4. The fourth-order valence-corrected chi connectivity index (χ4v) is 2.34. The molecule has 0 saturated carbocycles. The van der Waals surface area contributed by atoms with Crippen LogP contribution in [-0.4, -0.2) is 26.0 Å². The quantitative estimate of drug-likeness (QED) is 0.890. The Hall–Kier alpha value is -1.75. The summed E-state index contributed by atoms with van der Waals surface area (Å²) < 4.78 is 14.9. The second-order valence-electron chi connectivity index (χ2n) is 5.85. The van der Waals surface area contributed by atoms with Crippen LogP contribution in [0.4, 0.5) is 4.39 Å². The molecule has 1 aromatic heterocycles. The molecule has 0 bridgehead atoms. The van der Waals surface area contributed by atoms with Gasteiger partial charge in [0.25, 0.3) is 0 Å². The Morgan fingerprint density at radius 1 is 1.29 bits per heavy atom. The molecule has 1 N–H and O–H groups in total. The highest BCUT2D eigenvalue weighted by Crippen LogP contribution is 2.29. The van der Waals surface area contributed by atoms with Crippen LogP contribution in [0, 0.1) is 5.82 Å².